The Morgan fingerprint density at radius 2 is 1.80 bits per heavy atom. The molecule has 4 aromatic rings. The molecule has 35 heavy (non-hydrogen) atoms. The van der Waals surface area contributed by atoms with E-state index in [0.717, 1.165) is 37.2 Å². The van der Waals surface area contributed by atoms with Crippen LogP contribution in [0.2, 0.25) is 0 Å². The largest absolute Gasteiger partial charge is 0.454 e. The van der Waals surface area contributed by atoms with Gasteiger partial charge in [-0.2, -0.15) is 0 Å². The van der Waals surface area contributed by atoms with Gasteiger partial charge in [0.05, 0.1) is 0 Å². The molecular formula is C31H31NO3. The molecular weight excluding hydrogens is 434 g/mol. The molecule has 0 spiro atoms. The molecule has 1 aliphatic heterocycles. The van der Waals surface area contributed by atoms with Crippen LogP contribution in [0, 0.1) is 11.8 Å². The summed E-state index contributed by atoms with van der Waals surface area (Å²) in [5.41, 5.74) is 9.18. The van der Waals surface area contributed by atoms with Crippen LogP contribution in [-0.4, -0.2) is 23.5 Å². The number of fused-ring (bicyclic) bond motifs is 7. The van der Waals surface area contributed by atoms with Gasteiger partial charge < -0.3 is 19.6 Å². The normalized spacial score (nSPS) is 24.9. The minimum absolute atomic E-state index is 0.138. The lowest BCUT2D eigenvalue weighted by Crippen LogP contribution is -2.40. The molecule has 0 amide bonds. The molecule has 4 heteroatoms. The fraction of sp³-hybridized carbons (Fsp3) is 0.355. The molecule has 2 aliphatic carbocycles. The van der Waals surface area contributed by atoms with Crippen molar-refractivity contribution in [2.75, 3.05) is 13.4 Å². The van der Waals surface area contributed by atoms with E-state index in [0.29, 0.717) is 18.6 Å². The van der Waals surface area contributed by atoms with Crippen LogP contribution in [0.4, 0.5) is 0 Å². The van der Waals surface area contributed by atoms with Crippen LogP contribution in [0.5, 0.6) is 11.5 Å². The molecule has 3 aliphatic rings. The van der Waals surface area contributed by atoms with Crippen molar-refractivity contribution >= 4 is 27.4 Å². The van der Waals surface area contributed by atoms with Crippen molar-refractivity contribution in [1.29, 1.82) is 0 Å². The summed E-state index contributed by atoms with van der Waals surface area (Å²) in [5.74, 6) is 2.72. The van der Waals surface area contributed by atoms with Gasteiger partial charge in [0.1, 0.15) is 0 Å². The van der Waals surface area contributed by atoms with Crippen LogP contribution in [-0.2, 0) is 11.8 Å². The average Bonchev–Trinajstić information content (AvgIpc) is 3.54. The number of benzene rings is 3. The van der Waals surface area contributed by atoms with Crippen LogP contribution in [0.3, 0.4) is 0 Å². The molecule has 178 valence electrons. The lowest BCUT2D eigenvalue weighted by atomic mass is 9.58. The van der Waals surface area contributed by atoms with Gasteiger partial charge >= 0.3 is 0 Å². The molecule has 0 bridgehead atoms. The smallest absolute Gasteiger partial charge is 0.231 e. The molecule has 1 aromatic heterocycles. The Hall–Kier alpha value is -3.24. The molecule has 0 saturated carbocycles. The summed E-state index contributed by atoms with van der Waals surface area (Å²) in [6.45, 7) is 5.23. The van der Waals surface area contributed by atoms with Crippen molar-refractivity contribution in [2.45, 2.75) is 44.9 Å². The predicted octanol–water partition coefficient (Wildman–Crippen LogP) is 6.75. The summed E-state index contributed by atoms with van der Waals surface area (Å²) in [5, 5.41) is 12.5. The standard InChI is InChI=1S/C31H31NO3/c1-18-19(2)30(21-8-10-23-22-6-3-4-7-26(22)32-27(23)14-21)31(12-5-13-33)24(18)11-9-20-15-28-29(16-25(20)31)35-17-34-28/h3-4,6-8,10,14-16,18,24,32-33H,5,9,11-13,17H2,1-2H3/t18-,24+,31-/m1/s1. The van der Waals surface area contributed by atoms with E-state index in [9.17, 15) is 5.11 Å². The number of aliphatic hydroxyl groups excluding tert-OH is 1. The molecule has 0 fully saturated rings. The van der Waals surface area contributed by atoms with Crippen LogP contribution >= 0.6 is 0 Å². The van der Waals surface area contributed by atoms with Crippen molar-refractivity contribution < 1.29 is 14.6 Å². The fourth-order valence-corrected chi connectivity index (χ4v) is 7.54. The Labute approximate surface area is 205 Å². The van der Waals surface area contributed by atoms with Gasteiger partial charge in [-0.05, 0) is 91.0 Å². The average molecular weight is 466 g/mol. The number of para-hydroxylation sites is 1. The summed E-state index contributed by atoms with van der Waals surface area (Å²) in [7, 11) is 0. The number of hydrogen-bond acceptors (Lipinski definition) is 3. The van der Waals surface area contributed by atoms with Crippen molar-refractivity contribution in [3.05, 3.63) is 76.9 Å². The highest BCUT2D eigenvalue weighted by Crippen LogP contribution is 2.63. The molecule has 0 radical (unpaired) electrons. The maximum Gasteiger partial charge on any atom is 0.231 e. The maximum atomic E-state index is 9.96. The highest BCUT2D eigenvalue weighted by atomic mass is 16.7. The number of rotatable bonds is 4. The lowest BCUT2D eigenvalue weighted by molar-refractivity contribution is 0.174. The van der Waals surface area contributed by atoms with Gasteiger partial charge in [0, 0.05) is 33.8 Å². The van der Waals surface area contributed by atoms with E-state index >= 15 is 0 Å². The monoisotopic (exact) mass is 465 g/mol. The number of ether oxygens (including phenoxy) is 2. The molecule has 2 heterocycles. The second kappa shape index (κ2) is 7.63. The zero-order valence-corrected chi connectivity index (χ0v) is 20.4. The Kier molecular flexibility index (Phi) is 4.59. The number of aliphatic hydroxyl groups is 1. The van der Waals surface area contributed by atoms with Crippen molar-refractivity contribution in [2.24, 2.45) is 11.8 Å². The quantitative estimate of drug-likeness (QED) is 0.351. The summed E-state index contributed by atoms with van der Waals surface area (Å²) >= 11 is 0. The molecule has 2 N–H and O–H groups in total. The summed E-state index contributed by atoms with van der Waals surface area (Å²) in [6, 6.07) is 20.0. The number of aromatic nitrogens is 1. The highest BCUT2D eigenvalue weighted by Gasteiger charge is 2.54. The van der Waals surface area contributed by atoms with Gasteiger partial charge in [0.2, 0.25) is 6.79 Å². The number of allylic oxidation sites excluding steroid dienone is 2. The SMILES string of the molecule is CC1=C(c2ccc3c(c2)[nH]c2ccccc23)[C@@]2(CCCO)c3cc4c(cc3CC[C@H]2[C@@H]1C)OCO4. The topological polar surface area (TPSA) is 54.5 Å². The number of nitrogens with one attached hydrogen (secondary N) is 1. The first-order valence-corrected chi connectivity index (χ1v) is 12.9. The van der Waals surface area contributed by atoms with E-state index < -0.39 is 0 Å². The highest BCUT2D eigenvalue weighted by molar-refractivity contribution is 6.08. The molecule has 7 rings (SSSR count). The fourth-order valence-electron chi connectivity index (χ4n) is 7.54. The van der Waals surface area contributed by atoms with E-state index in [1.54, 1.807) is 0 Å². The number of aromatic amines is 1. The van der Waals surface area contributed by atoms with E-state index in [1.165, 1.54) is 49.6 Å². The van der Waals surface area contributed by atoms with Gasteiger partial charge in [-0.3, -0.25) is 0 Å². The Morgan fingerprint density at radius 1 is 1.00 bits per heavy atom. The van der Waals surface area contributed by atoms with Gasteiger partial charge in [-0.25, -0.2) is 0 Å². The van der Waals surface area contributed by atoms with E-state index in [1.807, 2.05) is 0 Å². The lowest BCUT2D eigenvalue weighted by Gasteiger charge is -2.45. The van der Waals surface area contributed by atoms with Crippen LogP contribution in [0.15, 0.2) is 60.2 Å². The first-order valence-electron chi connectivity index (χ1n) is 12.9. The van der Waals surface area contributed by atoms with Crippen LogP contribution < -0.4 is 9.47 Å². The maximum absolute atomic E-state index is 9.96. The van der Waals surface area contributed by atoms with Gasteiger partial charge in [0.15, 0.2) is 11.5 Å². The predicted molar refractivity (Wildman–Crippen MR) is 140 cm³/mol. The summed E-state index contributed by atoms with van der Waals surface area (Å²) in [6.07, 6.45) is 3.92. The van der Waals surface area contributed by atoms with Crippen molar-refractivity contribution in [3.63, 3.8) is 0 Å². The third kappa shape index (κ3) is 2.83. The Balaban J connectivity index is 1.48. The summed E-state index contributed by atoms with van der Waals surface area (Å²) in [4.78, 5) is 3.65. The second-order valence-electron chi connectivity index (χ2n) is 10.6. The zero-order valence-electron chi connectivity index (χ0n) is 20.4. The van der Waals surface area contributed by atoms with Gasteiger partial charge in [0.25, 0.3) is 0 Å². The van der Waals surface area contributed by atoms with Gasteiger partial charge in [-0.1, -0.05) is 42.8 Å². The minimum atomic E-state index is -0.138. The minimum Gasteiger partial charge on any atom is -0.454 e. The third-order valence-electron chi connectivity index (χ3n) is 9.09. The van der Waals surface area contributed by atoms with Crippen molar-refractivity contribution in [3.8, 4) is 11.5 Å². The Bertz CT molecular complexity index is 1510. The van der Waals surface area contributed by atoms with Crippen LogP contribution in [0.25, 0.3) is 27.4 Å². The first kappa shape index (κ1) is 21.1. The van der Waals surface area contributed by atoms with E-state index in [2.05, 4.69) is 73.4 Å². The second-order valence-corrected chi connectivity index (χ2v) is 10.6. The Morgan fingerprint density at radius 3 is 2.66 bits per heavy atom. The van der Waals surface area contributed by atoms with Crippen LogP contribution in [0.1, 0.15) is 49.8 Å². The van der Waals surface area contributed by atoms with E-state index in [-0.39, 0.29) is 12.0 Å². The van der Waals surface area contributed by atoms with Crippen molar-refractivity contribution in [1.82, 2.24) is 4.98 Å². The van der Waals surface area contributed by atoms with E-state index in [4.69, 9.17) is 9.47 Å². The molecule has 0 saturated heterocycles. The first-order chi connectivity index (χ1) is 17.1. The molecule has 3 atom stereocenters. The zero-order chi connectivity index (χ0) is 23.7. The molecule has 0 unspecified atom stereocenters. The molecule has 3 aromatic carbocycles. The number of hydrogen-bond donors (Lipinski definition) is 2. The summed E-state index contributed by atoms with van der Waals surface area (Å²) < 4.78 is 11.6. The van der Waals surface area contributed by atoms with Gasteiger partial charge in [-0.15, -0.1) is 0 Å². The molecule has 4 nitrogen and oxygen atoms in total. The number of aryl methyl sites for hydroxylation is 1. The number of H-pyrrole nitrogens is 1. The third-order valence-corrected chi connectivity index (χ3v) is 9.09.